The van der Waals surface area contributed by atoms with E-state index in [9.17, 15) is 19.8 Å². The van der Waals surface area contributed by atoms with Gasteiger partial charge in [0.2, 0.25) is 0 Å². The fraction of sp³-hybridized carbons (Fsp3) is 0.346. The number of nitrogens with zero attached hydrogens (tertiary/aromatic N) is 1. The number of rotatable bonds is 12. The quantitative estimate of drug-likeness (QED) is 0.195. The van der Waals surface area contributed by atoms with Gasteiger partial charge in [0.25, 0.3) is 5.91 Å². The van der Waals surface area contributed by atoms with Crippen molar-refractivity contribution in [3.05, 3.63) is 52.4 Å². The van der Waals surface area contributed by atoms with Gasteiger partial charge in [0.05, 0.1) is 24.3 Å². The molecule has 1 amide bonds. The Kier molecular flexibility index (Phi) is 9.56. The Bertz CT molecular complexity index is 1130. The van der Waals surface area contributed by atoms with Gasteiger partial charge >= 0.3 is 5.97 Å². The molecule has 0 aromatic heterocycles. The third-order valence-electron chi connectivity index (χ3n) is 5.50. The molecule has 35 heavy (non-hydrogen) atoms. The van der Waals surface area contributed by atoms with Crippen LogP contribution in [-0.4, -0.2) is 40.1 Å². The summed E-state index contributed by atoms with van der Waals surface area (Å²) < 4.78 is 11.7. The molecule has 0 bridgehead atoms. The SMILES string of the molecule is CCCCCCCCOc1ccc(C=C2SC(=S)N(c3ccc(O)c(C(=O)O)c3)C2=O)cc1OC. The number of carboxylic acid groups (broad SMARTS) is 1. The van der Waals surface area contributed by atoms with Crippen molar-refractivity contribution in [3.8, 4) is 17.2 Å². The number of amides is 1. The lowest BCUT2D eigenvalue weighted by atomic mass is 10.1. The van der Waals surface area contributed by atoms with Crippen molar-refractivity contribution in [1.82, 2.24) is 0 Å². The second-order valence-electron chi connectivity index (χ2n) is 8.05. The highest BCUT2D eigenvalue weighted by atomic mass is 32.2. The average molecular weight is 516 g/mol. The van der Waals surface area contributed by atoms with Crippen molar-refractivity contribution in [3.63, 3.8) is 0 Å². The second-order valence-corrected chi connectivity index (χ2v) is 9.73. The lowest BCUT2D eigenvalue weighted by Crippen LogP contribution is -2.27. The molecule has 0 atom stereocenters. The molecule has 2 aromatic rings. The highest BCUT2D eigenvalue weighted by molar-refractivity contribution is 8.27. The van der Waals surface area contributed by atoms with E-state index in [-0.39, 0.29) is 27.2 Å². The molecule has 3 rings (SSSR count). The summed E-state index contributed by atoms with van der Waals surface area (Å²) in [5.41, 5.74) is 0.718. The number of phenols is 1. The minimum absolute atomic E-state index is 0.272. The lowest BCUT2D eigenvalue weighted by Gasteiger charge is -2.15. The monoisotopic (exact) mass is 515 g/mol. The molecule has 9 heteroatoms. The Morgan fingerprint density at radius 1 is 1.09 bits per heavy atom. The summed E-state index contributed by atoms with van der Waals surface area (Å²) in [6.45, 7) is 2.82. The topological polar surface area (TPSA) is 96.3 Å². The van der Waals surface area contributed by atoms with Crippen molar-refractivity contribution >= 4 is 51.9 Å². The van der Waals surface area contributed by atoms with Crippen LogP contribution in [0.15, 0.2) is 41.3 Å². The zero-order valence-corrected chi connectivity index (χ0v) is 21.4. The molecule has 7 nitrogen and oxygen atoms in total. The minimum atomic E-state index is -1.30. The van der Waals surface area contributed by atoms with E-state index in [0.29, 0.717) is 23.0 Å². The number of thioether (sulfide) groups is 1. The maximum Gasteiger partial charge on any atom is 0.339 e. The molecule has 186 valence electrons. The van der Waals surface area contributed by atoms with Crippen molar-refractivity contribution < 1.29 is 29.3 Å². The smallest absolute Gasteiger partial charge is 0.339 e. The van der Waals surface area contributed by atoms with Gasteiger partial charge in [-0.05, 0) is 48.4 Å². The Morgan fingerprint density at radius 2 is 1.83 bits per heavy atom. The fourth-order valence-corrected chi connectivity index (χ4v) is 4.93. The Hall–Kier alpha value is -3.04. The number of anilines is 1. The van der Waals surface area contributed by atoms with Gasteiger partial charge in [0.1, 0.15) is 11.3 Å². The number of hydrogen-bond donors (Lipinski definition) is 2. The molecule has 0 aliphatic carbocycles. The van der Waals surface area contributed by atoms with E-state index in [4.69, 9.17) is 21.7 Å². The van der Waals surface area contributed by atoms with Gasteiger partial charge in [0, 0.05) is 0 Å². The van der Waals surface area contributed by atoms with Crippen LogP contribution >= 0.6 is 24.0 Å². The zero-order chi connectivity index (χ0) is 25.4. The molecule has 0 saturated carbocycles. The highest BCUT2D eigenvalue weighted by Gasteiger charge is 2.34. The van der Waals surface area contributed by atoms with Gasteiger partial charge in [-0.2, -0.15) is 0 Å². The predicted molar refractivity (Wildman–Crippen MR) is 143 cm³/mol. The van der Waals surface area contributed by atoms with Gasteiger partial charge in [0.15, 0.2) is 15.8 Å². The summed E-state index contributed by atoms with van der Waals surface area (Å²) in [5.74, 6) is -0.824. The van der Waals surface area contributed by atoms with Crippen molar-refractivity contribution in [1.29, 1.82) is 0 Å². The maximum absolute atomic E-state index is 13.1. The molecule has 0 radical (unpaired) electrons. The fourth-order valence-electron chi connectivity index (χ4n) is 3.63. The molecule has 1 heterocycles. The standard InChI is InChI=1S/C26H29NO6S2/c1-3-4-5-6-7-8-13-33-21-12-9-17(14-22(21)32-2)15-23-24(29)27(26(34)35-23)18-10-11-20(28)19(16-18)25(30)31/h9-12,14-16,28H,3-8,13H2,1-2H3,(H,30,31). The van der Waals surface area contributed by atoms with Gasteiger partial charge in [-0.3, -0.25) is 9.69 Å². The van der Waals surface area contributed by atoms with Crippen LogP contribution in [0.2, 0.25) is 0 Å². The zero-order valence-electron chi connectivity index (χ0n) is 19.8. The molecule has 1 aliphatic heterocycles. The Labute approximate surface area is 214 Å². The van der Waals surface area contributed by atoms with E-state index in [1.54, 1.807) is 19.3 Å². The Balaban J connectivity index is 1.70. The normalized spacial score (nSPS) is 14.6. The summed E-state index contributed by atoms with van der Waals surface area (Å²) in [7, 11) is 1.57. The summed E-state index contributed by atoms with van der Waals surface area (Å²) in [4.78, 5) is 26.1. The minimum Gasteiger partial charge on any atom is -0.507 e. The molecule has 0 spiro atoms. The first-order valence-corrected chi connectivity index (χ1v) is 12.7. The molecular weight excluding hydrogens is 486 g/mol. The average Bonchev–Trinajstić information content (AvgIpc) is 3.11. The maximum atomic E-state index is 13.1. The summed E-state index contributed by atoms with van der Waals surface area (Å²) in [6, 6.07) is 9.37. The van der Waals surface area contributed by atoms with Crippen LogP contribution < -0.4 is 14.4 Å². The van der Waals surface area contributed by atoms with Crippen LogP contribution in [0.3, 0.4) is 0 Å². The van der Waals surface area contributed by atoms with Gasteiger partial charge < -0.3 is 19.7 Å². The number of carbonyl (C=O) groups excluding carboxylic acids is 1. The molecular formula is C26H29NO6S2. The summed E-state index contributed by atoms with van der Waals surface area (Å²) in [5, 5.41) is 19.0. The number of hydrogen-bond acceptors (Lipinski definition) is 7. The summed E-state index contributed by atoms with van der Waals surface area (Å²) in [6.07, 6.45) is 8.80. The molecule has 2 aromatic carbocycles. The largest absolute Gasteiger partial charge is 0.507 e. The lowest BCUT2D eigenvalue weighted by molar-refractivity contribution is -0.113. The molecule has 0 unspecified atom stereocenters. The highest BCUT2D eigenvalue weighted by Crippen LogP contribution is 2.38. The first-order chi connectivity index (χ1) is 16.8. The van der Waals surface area contributed by atoms with E-state index in [1.165, 1.54) is 48.8 Å². The van der Waals surface area contributed by atoms with Crippen LogP contribution in [0.5, 0.6) is 17.2 Å². The molecule has 1 saturated heterocycles. The number of benzene rings is 2. The third kappa shape index (κ3) is 6.76. The van der Waals surface area contributed by atoms with E-state index < -0.39 is 5.97 Å². The van der Waals surface area contributed by atoms with E-state index in [1.807, 2.05) is 12.1 Å². The van der Waals surface area contributed by atoms with Crippen LogP contribution in [0, 0.1) is 0 Å². The number of carbonyl (C=O) groups is 2. The molecule has 1 fully saturated rings. The van der Waals surface area contributed by atoms with Crippen LogP contribution in [0.1, 0.15) is 61.4 Å². The van der Waals surface area contributed by atoms with E-state index >= 15 is 0 Å². The number of carboxylic acids is 1. The van der Waals surface area contributed by atoms with Crippen molar-refractivity contribution in [2.24, 2.45) is 0 Å². The number of aromatic hydroxyl groups is 1. The molecule has 1 aliphatic rings. The summed E-state index contributed by atoms with van der Waals surface area (Å²) >= 11 is 6.49. The number of thiocarbonyl (C=S) groups is 1. The van der Waals surface area contributed by atoms with Gasteiger partial charge in [-0.1, -0.05) is 69.1 Å². The van der Waals surface area contributed by atoms with E-state index in [0.717, 1.165) is 30.2 Å². The van der Waals surface area contributed by atoms with Gasteiger partial charge in [-0.15, -0.1) is 0 Å². The first-order valence-electron chi connectivity index (χ1n) is 11.5. The van der Waals surface area contributed by atoms with E-state index in [2.05, 4.69) is 6.92 Å². The van der Waals surface area contributed by atoms with Crippen molar-refractivity contribution in [2.75, 3.05) is 18.6 Å². The molecule has 2 N–H and O–H groups in total. The van der Waals surface area contributed by atoms with Crippen LogP contribution in [-0.2, 0) is 4.79 Å². The van der Waals surface area contributed by atoms with Gasteiger partial charge in [-0.25, -0.2) is 4.79 Å². The van der Waals surface area contributed by atoms with Crippen LogP contribution in [0.4, 0.5) is 5.69 Å². The van der Waals surface area contributed by atoms with Crippen molar-refractivity contribution in [2.45, 2.75) is 45.4 Å². The predicted octanol–water partition coefficient (Wildman–Crippen LogP) is 6.24. The number of aromatic carboxylic acids is 1. The second kappa shape index (κ2) is 12.6. The number of ether oxygens (including phenoxy) is 2. The number of unbranched alkanes of at least 4 members (excludes halogenated alkanes) is 5. The number of methoxy groups -OCH3 is 1. The Morgan fingerprint density at radius 3 is 2.54 bits per heavy atom. The third-order valence-corrected chi connectivity index (χ3v) is 6.81. The first kappa shape index (κ1) is 26.6. The van der Waals surface area contributed by atoms with Crippen LogP contribution in [0.25, 0.3) is 6.08 Å².